The lowest BCUT2D eigenvalue weighted by atomic mass is 10.1. The molecule has 0 saturated carbocycles. The van der Waals surface area contributed by atoms with Crippen molar-refractivity contribution in [2.45, 2.75) is 6.42 Å². The molecule has 0 saturated heterocycles. The van der Waals surface area contributed by atoms with E-state index in [1.807, 2.05) is 18.2 Å². The number of hydrogen-bond donors (Lipinski definition) is 1. The van der Waals surface area contributed by atoms with Gasteiger partial charge in [-0.2, -0.15) is 0 Å². The first-order valence-electron chi connectivity index (χ1n) is 4.50. The second-order valence-electron chi connectivity index (χ2n) is 3.08. The monoisotopic (exact) mass is 170 g/mol. The molecule has 1 aliphatic rings. The minimum absolute atomic E-state index is 0.901. The van der Waals surface area contributed by atoms with Crippen molar-refractivity contribution < 1.29 is 0 Å². The van der Waals surface area contributed by atoms with Crippen LogP contribution in [0.4, 0.5) is 0 Å². The topological polar surface area (TPSA) is 12.0 Å². The second kappa shape index (κ2) is 3.94. The molecular weight excluding hydrogens is 158 g/mol. The van der Waals surface area contributed by atoms with E-state index in [4.69, 9.17) is 0 Å². The van der Waals surface area contributed by atoms with Gasteiger partial charge in [0.2, 0.25) is 0 Å². The third kappa shape index (κ3) is 2.22. The minimum Gasteiger partial charge on any atom is -0.385 e. The molecule has 1 aromatic carbocycles. The highest BCUT2D eigenvalue weighted by Gasteiger charge is 1.99. The molecular formula is C12H12N. The Hall–Kier alpha value is -1.50. The molecule has 0 amide bonds. The number of hydrogen-bond acceptors (Lipinski definition) is 1. The van der Waals surface area contributed by atoms with Crippen molar-refractivity contribution in [2.75, 3.05) is 6.54 Å². The molecule has 0 aliphatic carbocycles. The Bertz CT molecular complexity index is 322. The van der Waals surface area contributed by atoms with Crippen molar-refractivity contribution in [1.82, 2.24) is 5.32 Å². The fraction of sp³-hybridized carbons (Fsp3) is 0.167. The minimum atomic E-state index is 0.901. The van der Waals surface area contributed by atoms with Gasteiger partial charge in [0.1, 0.15) is 0 Å². The van der Waals surface area contributed by atoms with Crippen LogP contribution in [0.25, 0.3) is 0 Å². The second-order valence-corrected chi connectivity index (χ2v) is 3.08. The molecule has 1 heteroatoms. The molecule has 0 aromatic heterocycles. The molecule has 1 radical (unpaired) electrons. The van der Waals surface area contributed by atoms with E-state index in [9.17, 15) is 0 Å². The zero-order valence-electron chi connectivity index (χ0n) is 7.46. The first-order chi connectivity index (χ1) is 6.45. The number of benzene rings is 1. The van der Waals surface area contributed by atoms with Gasteiger partial charge >= 0.3 is 0 Å². The Morgan fingerprint density at radius 1 is 1.23 bits per heavy atom. The highest BCUT2D eigenvalue weighted by molar-refractivity contribution is 5.23. The van der Waals surface area contributed by atoms with Crippen LogP contribution in [0.3, 0.4) is 0 Å². The molecule has 0 atom stereocenters. The summed E-state index contributed by atoms with van der Waals surface area (Å²) in [7, 11) is 0. The Morgan fingerprint density at radius 3 is 2.77 bits per heavy atom. The summed E-state index contributed by atoms with van der Waals surface area (Å²) in [6.45, 7) is 0.901. The molecule has 1 N–H and O–H groups in total. The average molecular weight is 170 g/mol. The van der Waals surface area contributed by atoms with E-state index < -0.39 is 0 Å². The van der Waals surface area contributed by atoms with E-state index in [1.165, 1.54) is 11.3 Å². The first kappa shape index (κ1) is 8.11. The van der Waals surface area contributed by atoms with Crippen LogP contribution in [-0.4, -0.2) is 6.54 Å². The van der Waals surface area contributed by atoms with Crippen molar-refractivity contribution in [1.29, 1.82) is 0 Å². The molecule has 0 unspecified atom stereocenters. The molecule has 2 rings (SSSR count). The maximum atomic E-state index is 3.31. The van der Waals surface area contributed by atoms with Crippen LogP contribution < -0.4 is 5.32 Å². The summed E-state index contributed by atoms with van der Waals surface area (Å²) in [6.07, 6.45) is 8.08. The average Bonchev–Trinajstić information content (AvgIpc) is 2.21. The lowest BCUT2D eigenvalue weighted by Crippen LogP contribution is -2.17. The quantitative estimate of drug-likeness (QED) is 0.716. The van der Waals surface area contributed by atoms with Crippen molar-refractivity contribution in [3.8, 4) is 0 Å². The Morgan fingerprint density at radius 2 is 2.08 bits per heavy atom. The molecule has 0 spiro atoms. The summed E-state index contributed by atoms with van der Waals surface area (Å²) in [5.74, 6) is 0. The van der Waals surface area contributed by atoms with Crippen molar-refractivity contribution in [3.05, 3.63) is 59.8 Å². The molecule has 1 nitrogen and oxygen atoms in total. The number of dihydropyridines is 1. The van der Waals surface area contributed by atoms with Crippen LogP contribution in [0.15, 0.2) is 48.2 Å². The van der Waals surface area contributed by atoms with Gasteiger partial charge in [-0.1, -0.05) is 36.4 Å². The van der Waals surface area contributed by atoms with Crippen LogP contribution in [0.5, 0.6) is 0 Å². The van der Waals surface area contributed by atoms with E-state index >= 15 is 0 Å². The lowest BCUT2D eigenvalue weighted by Gasteiger charge is -2.11. The van der Waals surface area contributed by atoms with Gasteiger partial charge < -0.3 is 5.32 Å². The molecule has 1 aromatic rings. The van der Waals surface area contributed by atoms with Gasteiger partial charge in [-0.25, -0.2) is 0 Å². The zero-order valence-corrected chi connectivity index (χ0v) is 7.46. The van der Waals surface area contributed by atoms with Crippen molar-refractivity contribution in [2.24, 2.45) is 0 Å². The third-order valence-electron chi connectivity index (χ3n) is 2.04. The highest BCUT2D eigenvalue weighted by atomic mass is 14.9. The normalized spacial score (nSPS) is 14.9. The molecule has 0 bridgehead atoms. The summed E-state index contributed by atoms with van der Waals surface area (Å²) in [6, 6.07) is 10.5. The van der Waals surface area contributed by atoms with E-state index in [0.717, 1.165) is 13.0 Å². The van der Waals surface area contributed by atoms with Crippen molar-refractivity contribution in [3.63, 3.8) is 0 Å². The van der Waals surface area contributed by atoms with Crippen molar-refractivity contribution >= 4 is 0 Å². The van der Waals surface area contributed by atoms with Gasteiger partial charge in [0.25, 0.3) is 0 Å². The summed E-state index contributed by atoms with van der Waals surface area (Å²) < 4.78 is 0. The van der Waals surface area contributed by atoms with Gasteiger partial charge in [0.05, 0.1) is 0 Å². The van der Waals surface area contributed by atoms with Crippen LogP contribution in [0.1, 0.15) is 5.56 Å². The Kier molecular flexibility index (Phi) is 2.46. The zero-order chi connectivity index (χ0) is 8.93. The largest absolute Gasteiger partial charge is 0.385 e. The fourth-order valence-corrected chi connectivity index (χ4v) is 1.38. The number of nitrogens with one attached hydrogen (secondary N) is 1. The van der Waals surface area contributed by atoms with Gasteiger partial charge in [0, 0.05) is 18.7 Å². The highest BCUT2D eigenvalue weighted by Crippen LogP contribution is 2.06. The first-order valence-corrected chi connectivity index (χ1v) is 4.50. The summed E-state index contributed by atoms with van der Waals surface area (Å²) in [5.41, 5.74) is 2.58. The molecule has 0 fully saturated rings. The maximum absolute atomic E-state index is 3.31. The predicted octanol–water partition coefficient (Wildman–Crippen LogP) is 2.08. The summed E-state index contributed by atoms with van der Waals surface area (Å²) >= 11 is 0. The Balaban J connectivity index is 2.06. The van der Waals surface area contributed by atoms with E-state index in [1.54, 1.807) is 0 Å². The van der Waals surface area contributed by atoms with Crippen LogP contribution in [0.2, 0.25) is 0 Å². The molecule has 1 aliphatic heterocycles. The van der Waals surface area contributed by atoms with E-state index in [-0.39, 0.29) is 0 Å². The SMILES string of the molecule is [C]1=CCNC(Cc2ccccc2)=C1. The smallest absolute Gasteiger partial charge is 0.0336 e. The number of rotatable bonds is 2. The standard InChI is InChI=1S/C12H12N/c1-2-6-11(7-3-1)10-12-8-4-5-9-13-12/h1-3,5-8,13H,9-10H2. The van der Waals surface area contributed by atoms with Crippen LogP contribution in [-0.2, 0) is 6.42 Å². The van der Waals surface area contributed by atoms with Gasteiger partial charge in [-0.05, 0) is 17.7 Å². The van der Waals surface area contributed by atoms with Crippen LogP contribution in [0, 0.1) is 6.08 Å². The fourth-order valence-electron chi connectivity index (χ4n) is 1.38. The Labute approximate surface area is 78.8 Å². The molecule has 1 heterocycles. The lowest BCUT2D eigenvalue weighted by molar-refractivity contribution is 0.843. The van der Waals surface area contributed by atoms with Gasteiger partial charge in [-0.15, -0.1) is 0 Å². The van der Waals surface area contributed by atoms with Gasteiger partial charge in [0.15, 0.2) is 0 Å². The van der Waals surface area contributed by atoms with E-state index in [2.05, 4.69) is 35.7 Å². The summed E-state index contributed by atoms with van der Waals surface area (Å²) in [5, 5.41) is 3.31. The van der Waals surface area contributed by atoms with E-state index in [0.29, 0.717) is 0 Å². The third-order valence-corrected chi connectivity index (χ3v) is 2.04. The molecule has 13 heavy (non-hydrogen) atoms. The number of allylic oxidation sites excluding steroid dienone is 3. The summed E-state index contributed by atoms with van der Waals surface area (Å²) in [4.78, 5) is 0. The van der Waals surface area contributed by atoms with Crippen LogP contribution >= 0.6 is 0 Å². The molecule has 65 valence electrons. The predicted molar refractivity (Wildman–Crippen MR) is 54.0 cm³/mol. The van der Waals surface area contributed by atoms with Gasteiger partial charge in [-0.3, -0.25) is 0 Å². The maximum Gasteiger partial charge on any atom is 0.0336 e.